The van der Waals surface area contributed by atoms with E-state index < -0.39 is 0 Å². The second-order valence-electron chi connectivity index (χ2n) is 3.11. The van der Waals surface area contributed by atoms with Gasteiger partial charge in [-0.2, -0.15) is 11.8 Å². The number of guanidine groups is 1. The van der Waals surface area contributed by atoms with E-state index in [0.717, 1.165) is 18.3 Å². The summed E-state index contributed by atoms with van der Waals surface area (Å²) in [7, 11) is 1.98. The number of hydrogen-bond donors (Lipinski definition) is 2. The lowest BCUT2D eigenvalue weighted by Gasteiger charge is -2.20. The first kappa shape index (κ1) is 12.6. The van der Waals surface area contributed by atoms with Gasteiger partial charge in [-0.1, -0.05) is 0 Å². The van der Waals surface area contributed by atoms with Crippen molar-refractivity contribution in [2.45, 2.75) is 19.9 Å². The normalized spacial score (nSPS) is 12.0. The fourth-order valence-electron chi connectivity index (χ4n) is 0.825. The maximum Gasteiger partial charge on any atom is 0.208 e. The van der Waals surface area contributed by atoms with Crippen molar-refractivity contribution in [2.24, 2.45) is 10.8 Å². The molecule has 78 valence electrons. The van der Waals surface area contributed by atoms with Gasteiger partial charge in [0.05, 0.1) is 0 Å². The zero-order chi connectivity index (χ0) is 10.3. The minimum absolute atomic E-state index is 0.266. The van der Waals surface area contributed by atoms with E-state index in [1.165, 1.54) is 0 Å². The van der Waals surface area contributed by atoms with Crippen molar-refractivity contribution in [1.29, 1.82) is 0 Å². The van der Waals surface area contributed by atoms with Crippen LogP contribution in [-0.4, -0.2) is 42.5 Å². The van der Waals surface area contributed by atoms with Gasteiger partial charge in [0.2, 0.25) is 5.96 Å². The largest absolute Gasteiger partial charge is 0.344 e. The first-order chi connectivity index (χ1) is 6.11. The van der Waals surface area contributed by atoms with Gasteiger partial charge in [0, 0.05) is 25.4 Å². The SMILES string of the molecule is CSCCN(C)C(=NC(C)C)NN. The predicted molar refractivity (Wildman–Crippen MR) is 60.9 cm³/mol. The third-order valence-electron chi connectivity index (χ3n) is 1.50. The maximum atomic E-state index is 5.36. The van der Waals surface area contributed by atoms with Crippen molar-refractivity contribution >= 4 is 17.7 Å². The molecule has 3 N–H and O–H groups in total. The van der Waals surface area contributed by atoms with Gasteiger partial charge in [-0.25, -0.2) is 10.8 Å². The van der Waals surface area contributed by atoms with Crippen LogP contribution in [0.25, 0.3) is 0 Å². The second kappa shape index (κ2) is 7.03. The zero-order valence-corrected chi connectivity index (χ0v) is 9.69. The van der Waals surface area contributed by atoms with Crippen LogP contribution in [0, 0.1) is 0 Å². The number of hydrogen-bond acceptors (Lipinski definition) is 3. The van der Waals surface area contributed by atoms with Crippen molar-refractivity contribution in [3.05, 3.63) is 0 Å². The quantitative estimate of drug-likeness (QED) is 0.303. The standard InChI is InChI=1S/C8H20N4S/c1-7(2)10-8(11-9)12(3)5-6-13-4/h7H,5-6,9H2,1-4H3,(H,10,11). The van der Waals surface area contributed by atoms with Crippen molar-refractivity contribution in [3.63, 3.8) is 0 Å². The van der Waals surface area contributed by atoms with Crippen LogP contribution in [0.3, 0.4) is 0 Å². The molecule has 0 aromatic rings. The Labute approximate surface area is 84.9 Å². The molecule has 0 radical (unpaired) electrons. The molecule has 0 aromatic heterocycles. The van der Waals surface area contributed by atoms with Crippen LogP contribution in [-0.2, 0) is 0 Å². The van der Waals surface area contributed by atoms with Crippen LogP contribution < -0.4 is 11.3 Å². The van der Waals surface area contributed by atoms with E-state index >= 15 is 0 Å². The topological polar surface area (TPSA) is 53.6 Å². The molecule has 0 saturated heterocycles. The summed E-state index contributed by atoms with van der Waals surface area (Å²) in [6, 6.07) is 0.266. The fourth-order valence-corrected chi connectivity index (χ4v) is 1.28. The highest BCUT2D eigenvalue weighted by molar-refractivity contribution is 7.98. The average Bonchev–Trinajstić information content (AvgIpc) is 2.09. The average molecular weight is 204 g/mol. The Morgan fingerprint density at radius 1 is 1.62 bits per heavy atom. The van der Waals surface area contributed by atoms with Crippen LogP contribution in [0.5, 0.6) is 0 Å². The monoisotopic (exact) mass is 204 g/mol. The molecule has 0 spiro atoms. The summed E-state index contributed by atoms with van der Waals surface area (Å²) < 4.78 is 0. The van der Waals surface area contributed by atoms with Gasteiger partial charge in [0.15, 0.2) is 0 Å². The van der Waals surface area contributed by atoms with Crippen LogP contribution in [0.4, 0.5) is 0 Å². The highest BCUT2D eigenvalue weighted by Gasteiger charge is 2.04. The van der Waals surface area contributed by atoms with E-state index in [1.807, 2.05) is 37.6 Å². The van der Waals surface area contributed by atoms with Crippen LogP contribution >= 0.6 is 11.8 Å². The number of thioether (sulfide) groups is 1. The molecule has 0 unspecified atom stereocenters. The van der Waals surface area contributed by atoms with Gasteiger partial charge < -0.3 is 4.90 Å². The molecular formula is C8H20N4S. The first-order valence-corrected chi connectivity index (χ1v) is 5.75. The van der Waals surface area contributed by atoms with Gasteiger partial charge in [0.1, 0.15) is 0 Å². The summed E-state index contributed by atoms with van der Waals surface area (Å²) in [5, 5.41) is 0. The maximum absolute atomic E-state index is 5.36. The van der Waals surface area contributed by atoms with Crippen molar-refractivity contribution in [1.82, 2.24) is 10.3 Å². The molecule has 0 bridgehead atoms. The lowest BCUT2D eigenvalue weighted by molar-refractivity contribution is 0.509. The summed E-state index contributed by atoms with van der Waals surface area (Å²) in [4.78, 5) is 6.37. The lowest BCUT2D eigenvalue weighted by Crippen LogP contribution is -2.44. The smallest absolute Gasteiger partial charge is 0.208 e. The van der Waals surface area contributed by atoms with E-state index in [9.17, 15) is 0 Å². The molecule has 0 heterocycles. The van der Waals surface area contributed by atoms with Crippen LogP contribution in [0.1, 0.15) is 13.8 Å². The van der Waals surface area contributed by atoms with Crippen molar-refractivity contribution in [3.8, 4) is 0 Å². The number of rotatable bonds is 4. The molecule has 0 aliphatic rings. The molecule has 0 amide bonds. The summed E-state index contributed by atoms with van der Waals surface area (Å²) >= 11 is 1.81. The number of nitrogens with two attached hydrogens (primary N) is 1. The van der Waals surface area contributed by atoms with Crippen molar-refractivity contribution in [2.75, 3.05) is 25.6 Å². The molecular weight excluding hydrogens is 184 g/mol. The Morgan fingerprint density at radius 2 is 2.23 bits per heavy atom. The molecule has 5 heteroatoms. The zero-order valence-electron chi connectivity index (χ0n) is 8.87. The third-order valence-corrected chi connectivity index (χ3v) is 2.09. The second-order valence-corrected chi connectivity index (χ2v) is 4.09. The van der Waals surface area contributed by atoms with E-state index in [0.29, 0.717) is 0 Å². The molecule has 0 aliphatic carbocycles. The Kier molecular flexibility index (Phi) is 6.80. The molecule has 0 fully saturated rings. The molecule has 4 nitrogen and oxygen atoms in total. The molecule has 0 aliphatic heterocycles. The third kappa shape index (κ3) is 5.76. The van der Waals surface area contributed by atoms with Crippen LogP contribution in [0.2, 0.25) is 0 Å². The predicted octanol–water partition coefficient (Wildman–Crippen LogP) is 0.509. The van der Waals surface area contributed by atoms with E-state index in [4.69, 9.17) is 5.84 Å². The van der Waals surface area contributed by atoms with Crippen LogP contribution in [0.15, 0.2) is 4.99 Å². The van der Waals surface area contributed by atoms with Gasteiger partial charge in [-0.3, -0.25) is 5.43 Å². The number of nitrogens with zero attached hydrogens (tertiary/aromatic N) is 2. The van der Waals surface area contributed by atoms with Gasteiger partial charge in [-0.15, -0.1) is 0 Å². The Bertz CT molecular complexity index is 158. The Hall–Kier alpha value is -0.420. The Morgan fingerprint density at radius 3 is 2.62 bits per heavy atom. The van der Waals surface area contributed by atoms with Gasteiger partial charge in [-0.05, 0) is 20.1 Å². The van der Waals surface area contributed by atoms with Gasteiger partial charge in [0.25, 0.3) is 0 Å². The van der Waals surface area contributed by atoms with E-state index in [-0.39, 0.29) is 6.04 Å². The number of nitrogens with one attached hydrogen (secondary N) is 1. The summed E-state index contributed by atoms with van der Waals surface area (Å²) in [5.41, 5.74) is 2.61. The highest BCUT2D eigenvalue weighted by Crippen LogP contribution is 1.95. The highest BCUT2D eigenvalue weighted by atomic mass is 32.2. The fraction of sp³-hybridized carbons (Fsp3) is 0.875. The molecule has 0 rings (SSSR count). The van der Waals surface area contributed by atoms with Crippen molar-refractivity contribution < 1.29 is 0 Å². The first-order valence-electron chi connectivity index (χ1n) is 4.36. The molecule has 0 aromatic carbocycles. The minimum Gasteiger partial charge on any atom is -0.344 e. The van der Waals surface area contributed by atoms with E-state index in [1.54, 1.807) is 0 Å². The van der Waals surface area contributed by atoms with Gasteiger partial charge >= 0.3 is 0 Å². The summed E-state index contributed by atoms with van der Waals surface area (Å²) in [6.45, 7) is 5.01. The number of aliphatic imine (C=N–C) groups is 1. The molecule has 0 saturated carbocycles. The van der Waals surface area contributed by atoms with E-state index in [2.05, 4.69) is 16.7 Å². The Balaban J connectivity index is 4.06. The molecule has 0 atom stereocenters. The lowest BCUT2D eigenvalue weighted by atomic mass is 10.4. The minimum atomic E-state index is 0.266. The number of hydrazine groups is 1. The summed E-state index contributed by atoms with van der Waals surface area (Å²) in [5.74, 6) is 7.20. The molecule has 13 heavy (non-hydrogen) atoms. The summed E-state index contributed by atoms with van der Waals surface area (Å²) in [6.07, 6.45) is 2.09.